The molecule has 1 fully saturated rings. The van der Waals surface area contributed by atoms with Crippen molar-refractivity contribution in [2.75, 3.05) is 20.3 Å². The maximum atomic E-state index is 13.6. The van der Waals surface area contributed by atoms with E-state index >= 15 is 0 Å². The minimum absolute atomic E-state index is 0.00418. The van der Waals surface area contributed by atoms with Gasteiger partial charge in [-0.3, -0.25) is 4.79 Å². The van der Waals surface area contributed by atoms with E-state index in [1.807, 2.05) is 85.9 Å². The molecule has 0 aliphatic carbocycles. The van der Waals surface area contributed by atoms with Gasteiger partial charge in [-0.2, -0.15) is 0 Å². The van der Waals surface area contributed by atoms with Crippen LogP contribution in [0.3, 0.4) is 0 Å². The van der Waals surface area contributed by atoms with Crippen molar-refractivity contribution in [3.63, 3.8) is 0 Å². The average molecular weight is 396 g/mol. The molecule has 0 radical (unpaired) electrons. The predicted octanol–water partition coefficient (Wildman–Crippen LogP) is 5.21. The summed E-state index contributed by atoms with van der Waals surface area (Å²) >= 11 is 0. The second-order valence-electron chi connectivity index (χ2n) is 7.44. The number of carbonyl (C=O) groups is 1. The normalized spacial score (nSPS) is 16.5. The Hall–Kier alpha value is -3.43. The number of carbonyl (C=O) groups excluding carboxylic acids is 1. The molecular formula is C27H25NO2. The molecule has 1 aliphatic heterocycles. The highest BCUT2D eigenvalue weighted by atomic mass is 16.5. The van der Waals surface area contributed by atoms with E-state index in [4.69, 9.17) is 4.74 Å². The van der Waals surface area contributed by atoms with E-state index in [0.717, 1.165) is 27.8 Å². The third-order valence-electron chi connectivity index (χ3n) is 5.22. The van der Waals surface area contributed by atoms with Gasteiger partial charge in [-0.05, 0) is 33.9 Å². The summed E-state index contributed by atoms with van der Waals surface area (Å²) in [6.07, 6.45) is 2.12. The van der Waals surface area contributed by atoms with Crippen molar-refractivity contribution in [1.82, 2.24) is 4.90 Å². The third-order valence-corrected chi connectivity index (χ3v) is 5.22. The zero-order valence-corrected chi connectivity index (χ0v) is 17.1. The quantitative estimate of drug-likeness (QED) is 0.555. The molecule has 30 heavy (non-hydrogen) atoms. The Kier molecular flexibility index (Phi) is 6.21. The zero-order chi connectivity index (χ0) is 20.8. The molecule has 1 saturated heterocycles. The highest BCUT2D eigenvalue weighted by molar-refractivity contribution is 6.21. The van der Waals surface area contributed by atoms with E-state index in [1.165, 1.54) is 0 Å². The molecule has 0 bridgehead atoms. The first-order chi connectivity index (χ1) is 14.7. The van der Waals surface area contributed by atoms with Crippen LogP contribution in [0.1, 0.15) is 16.7 Å². The molecule has 3 heteroatoms. The molecule has 0 saturated carbocycles. The van der Waals surface area contributed by atoms with Gasteiger partial charge in [0, 0.05) is 13.6 Å². The summed E-state index contributed by atoms with van der Waals surface area (Å²) < 4.78 is 5.80. The molecule has 0 aromatic heterocycles. The molecule has 1 heterocycles. The Morgan fingerprint density at radius 3 is 2.13 bits per heavy atom. The largest absolute Gasteiger partial charge is 0.372 e. The first kappa shape index (κ1) is 19.9. The highest BCUT2D eigenvalue weighted by Crippen LogP contribution is 2.31. The van der Waals surface area contributed by atoms with Gasteiger partial charge in [-0.15, -0.1) is 0 Å². The van der Waals surface area contributed by atoms with Crippen LogP contribution in [0.4, 0.5) is 0 Å². The Labute approximate surface area is 177 Å². The van der Waals surface area contributed by atoms with Gasteiger partial charge in [0.25, 0.3) is 5.91 Å². The molecule has 1 aliphatic rings. The maximum Gasteiger partial charge on any atom is 0.254 e. The van der Waals surface area contributed by atoms with Crippen molar-refractivity contribution in [3.8, 4) is 0 Å². The van der Waals surface area contributed by atoms with Crippen LogP contribution in [0.5, 0.6) is 0 Å². The van der Waals surface area contributed by atoms with Gasteiger partial charge in [0.2, 0.25) is 0 Å². The van der Waals surface area contributed by atoms with Crippen molar-refractivity contribution in [2.24, 2.45) is 0 Å². The third kappa shape index (κ3) is 4.58. The number of rotatable bonds is 5. The van der Waals surface area contributed by atoms with E-state index in [9.17, 15) is 4.79 Å². The van der Waals surface area contributed by atoms with Crippen LogP contribution in [-0.4, -0.2) is 31.1 Å². The zero-order valence-electron chi connectivity index (χ0n) is 17.1. The molecule has 4 rings (SSSR count). The summed E-state index contributed by atoms with van der Waals surface area (Å²) in [7, 11) is 1.86. The Morgan fingerprint density at radius 1 is 0.867 bits per heavy atom. The monoisotopic (exact) mass is 395 g/mol. The van der Waals surface area contributed by atoms with E-state index in [2.05, 4.69) is 18.2 Å². The molecule has 3 aromatic rings. The number of amides is 1. The Bertz CT molecular complexity index is 1050. The number of nitrogens with zero attached hydrogens (tertiary/aromatic N) is 1. The van der Waals surface area contributed by atoms with Gasteiger partial charge in [0.05, 0.1) is 18.8 Å². The van der Waals surface area contributed by atoms with Gasteiger partial charge in [0.15, 0.2) is 0 Å². The lowest BCUT2D eigenvalue weighted by Crippen LogP contribution is -2.28. The van der Waals surface area contributed by atoms with Crippen molar-refractivity contribution in [1.29, 1.82) is 0 Å². The van der Waals surface area contributed by atoms with Crippen molar-refractivity contribution >= 4 is 17.6 Å². The number of benzene rings is 3. The summed E-state index contributed by atoms with van der Waals surface area (Å²) in [5, 5.41) is 0. The lowest BCUT2D eigenvalue weighted by atomic mass is 9.94. The molecule has 3 aromatic carbocycles. The summed E-state index contributed by atoms with van der Waals surface area (Å²) in [5.41, 5.74) is 5.87. The molecule has 3 nitrogen and oxygen atoms in total. The molecule has 150 valence electrons. The van der Waals surface area contributed by atoms with Crippen molar-refractivity contribution in [2.45, 2.75) is 6.54 Å². The van der Waals surface area contributed by atoms with Crippen molar-refractivity contribution in [3.05, 3.63) is 119 Å². The lowest BCUT2D eigenvalue weighted by Gasteiger charge is -2.21. The maximum absolute atomic E-state index is 13.6. The fourth-order valence-electron chi connectivity index (χ4n) is 3.71. The van der Waals surface area contributed by atoms with Crippen LogP contribution in [-0.2, 0) is 16.1 Å². The van der Waals surface area contributed by atoms with Crippen LogP contribution in [0, 0.1) is 0 Å². The van der Waals surface area contributed by atoms with Crippen LogP contribution in [0.25, 0.3) is 11.6 Å². The van der Waals surface area contributed by atoms with Gasteiger partial charge in [-0.1, -0.05) is 91.0 Å². The van der Waals surface area contributed by atoms with Crippen LogP contribution >= 0.6 is 0 Å². The highest BCUT2D eigenvalue weighted by Gasteiger charge is 2.26. The van der Waals surface area contributed by atoms with Gasteiger partial charge < -0.3 is 9.64 Å². The molecule has 0 unspecified atom stereocenters. The van der Waals surface area contributed by atoms with Crippen LogP contribution in [0.2, 0.25) is 0 Å². The standard InChI is InChI=1S/C27H25NO2/c1-28(18-22-13-7-3-8-14-22)27(29)26(23-15-9-4-10-16-23)25-20-30-19-24(25)17-21-11-5-2-6-12-21/h2-17H,18-20H2,1H3/b24-17+,26-25-. The van der Waals surface area contributed by atoms with E-state index in [1.54, 1.807) is 4.90 Å². The summed E-state index contributed by atoms with van der Waals surface area (Å²) in [4.78, 5) is 15.4. The topological polar surface area (TPSA) is 29.5 Å². The van der Waals surface area contributed by atoms with Crippen molar-refractivity contribution < 1.29 is 9.53 Å². The average Bonchev–Trinajstić information content (AvgIpc) is 3.23. The SMILES string of the molecule is CN(Cc1ccccc1)C(=O)/C(=C1/COC/C1=C\c1ccccc1)c1ccccc1. The minimum Gasteiger partial charge on any atom is -0.372 e. The first-order valence-electron chi connectivity index (χ1n) is 10.1. The van der Waals surface area contributed by atoms with Gasteiger partial charge in [0.1, 0.15) is 0 Å². The van der Waals surface area contributed by atoms with Gasteiger partial charge in [-0.25, -0.2) is 0 Å². The van der Waals surface area contributed by atoms with Gasteiger partial charge >= 0.3 is 0 Å². The first-order valence-corrected chi connectivity index (χ1v) is 10.1. The second kappa shape index (κ2) is 9.38. The number of ether oxygens (including phenoxy) is 1. The van der Waals surface area contributed by atoms with Crippen LogP contribution in [0.15, 0.2) is 102 Å². The fraction of sp³-hybridized carbons (Fsp3) is 0.148. The van der Waals surface area contributed by atoms with E-state index in [0.29, 0.717) is 25.3 Å². The van der Waals surface area contributed by atoms with Crippen LogP contribution < -0.4 is 0 Å². The van der Waals surface area contributed by atoms with E-state index < -0.39 is 0 Å². The smallest absolute Gasteiger partial charge is 0.254 e. The molecule has 1 amide bonds. The minimum atomic E-state index is 0.00418. The number of likely N-dealkylation sites (N-methyl/N-ethyl adjacent to an activating group) is 1. The Morgan fingerprint density at radius 2 is 1.47 bits per heavy atom. The predicted molar refractivity (Wildman–Crippen MR) is 122 cm³/mol. The molecule has 0 N–H and O–H groups in total. The number of hydrogen-bond donors (Lipinski definition) is 0. The lowest BCUT2D eigenvalue weighted by molar-refractivity contribution is -0.124. The summed E-state index contributed by atoms with van der Waals surface area (Å²) in [6, 6.07) is 30.1. The van der Waals surface area contributed by atoms with E-state index in [-0.39, 0.29) is 5.91 Å². The molecular weight excluding hydrogens is 370 g/mol. The Balaban J connectivity index is 1.74. The number of hydrogen-bond acceptors (Lipinski definition) is 2. The second-order valence-corrected chi connectivity index (χ2v) is 7.44. The molecule has 0 spiro atoms. The summed E-state index contributed by atoms with van der Waals surface area (Å²) in [5.74, 6) is 0.00418. The fourth-order valence-corrected chi connectivity index (χ4v) is 3.71. The summed E-state index contributed by atoms with van der Waals surface area (Å²) in [6.45, 7) is 1.51. The molecule has 0 atom stereocenters.